The van der Waals surface area contributed by atoms with Crippen LogP contribution in [0.25, 0.3) is 11.3 Å². The van der Waals surface area contributed by atoms with Crippen molar-refractivity contribution in [2.75, 3.05) is 23.8 Å². The fraction of sp³-hybridized carbons (Fsp3) is 0.304. The van der Waals surface area contributed by atoms with Gasteiger partial charge in [-0.15, -0.1) is 0 Å². The summed E-state index contributed by atoms with van der Waals surface area (Å²) in [7, 11) is 0. The lowest BCUT2D eigenvalue weighted by molar-refractivity contribution is 0.292. The minimum Gasteiger partial charge on any atom is -0.396 e. The Bertz CT molecular complexity index is 887. The van der Waals surface area contributed by atoms with Gasteiger partial charge in [-0.3, -0.25) is 0 Å². The summed E-state index contributed by atoms with van der Waals surface area (Å²) in [5, 5.41) is 15.6. The first-order valence-corrected chi connectivity index (χ1v) is 9.62. The van der Waals surface area contributed by atoms with Gasteiger partial charge in [0.1, 0.15) is 5.82 Å². The van der Waals surface area contributed by atoms with Crippen LogP contribution < -0.4 is 10.6 Å². The Kier molecular flexibility index (Phi) is 6.26. The molecule has 1 aromatic heterocycles. The van der Waals surface area contributed by atoms with E-state index in [9.17, 15) is 0 Å². The number of hydrogen-bond acceptors (Lipinski definition) is 5. The zero-order valence-corrected chi connectivity index (χ0v) is 16.7. The van der Waals surface area contributed by atoms with Gasteiger partial charge in [-0.1, -0.05) is 63.2 Å². The fourth-order valence-corrected chi connectivity index (χ4v) is 2.83. The first-order valence-electron chi connectivity index (χ1n) is 9.62. The van der Waals surface area contributed by atoms with Gasteiger partial charge in [0, 0.05) is 30.5 Å². The lowest BCUT2D eigenvalue weighted by atomic mass is 9.87. The molecule has 1 heterocycles. The zero-order chi connectivity index (χ0) is 20.0. The van der Waals surface area contributed by atoms with Crippen LogP contribution >= 0.6 is 0 Å². The van der Waals surface area contributed by atoms with E-state index in [1.54, 1.807) is 0 Å². The van der Waals surface area contributed by atoms with Gasteiger partial charge in [0.05, 0.1) is 5.69 Å². The average molecular weight is 377 g/mol. The Morgan fingerprint density at radius 3 is 2.29 bits per heavy atom. The van der Waals surface area contributed by atoms with E-state index in [1.165, 1.54) is 5.56 Å². The number of hydrogen-bond donors (Lipinski definition) is 3. The molecule has 0 aliphatic carbocycles. The Morgan fingerprint density at radius 2 is 1.64 bits per heavy atom. The van der Waals surface area contributed by atoms with Crippen LogP contribution in [0.3, 0.4) is 0 Å². The van der Waals surface area contributed by atoms with Crippen molar-refractivity contribution in [2.24, 2.45) is 0 Å². The first-order chi connectivity index (χ1) is 13.5. The molecule has 2 aromatic carbocycles. The summed E-state index contributed by atoms with van der Waals surface area (Å²) in [4.78, 5) is 9.20. The highest BCUT2D eigenvalue weighted by Crippen LogP contribution is 2.26. The van der Waals surface area contributed by atoms with E-state index < -0.39 is 0 Å². The van der Waals surface area contributed by atoms with Gasteiger partial charge in [0.15, 0.2) is 0 Å². The smallest absolute Gasteiger partial charge is 0.225 e. The number of aliphatic hydroxyl groups is 1. The molecule has 0 unspecified atom stereocenters. The average Bonchev–Trinajstić information content (AvgIpc) is 2.68. The van der Waals surface area contributed by atoms with Crippen LogP contribution in [0.5, 0.6) is 0 Å². The topological polar surface area (TPSA) is 70.1 Å². The van der Waals surface area contributed by atoms with E-state index in [2.05, 4.69) is 65.6 Å². The second kappa shape index (κ2) is 8.85. The van der Waals surface area contributed by atoms with Gasteiger partial charge in [0.2, 0.25) is 5.95 Å². The molecule has 3 rings (SSSR count). The summed E-state index contributed by atoms with van der Waals surface area (Å²) in [5.41, 5.74) is 4.26. The maximum Gasteiger partial charge on any atom is 0.225 e. The largest absolute Gasteiger partial charge is 0.396 e. The quantitative estimate of drug-likeness (QED) is 0.507. The second-order valence-electron chi connectivity index (χ2n) is 7.78. The standard InChI is InChI=1S/C23H28N4O/c1-23(2,3)18-10-12-19(13-11-18)25-21-16-20(17-8-5-4-6-9-17)26-22(27-21)24-14-7-15-28/h4-6,8-13,16,28H,7,14-15H2,1-3H3,(H2,24,25,26,27). The predicted octanol–water partition coefficient (Wildman–Crippen LogP) is 4.98. The Balaban J connectivity index is 1.87. The van der Waals surface area contributed by atoms with Crippen molar-refractivity contribution in [3.63, 3.8) is 0 Å². The van der Waals surface area contributed by atoms with Gasteiger partial charge < -0.3 is 15.7 Å². The normalized spacial score (nSPS) is 11.3. The van der Waals surface area contributed by atoms with Gasteiger partial charge in [0.25, 0.3) is 0 Å². The minimum atomic E-state index is 0.123. The third-order valence-corrected chi connectivity index (χ3v) is 4.44. The monoisotopic (exact) mass is 376 g/mol. The molecule has 28 heavy (non-hydrogen) atoms. The summed E-state index contributed by atoms with van der Waals surface area (Å²) >= 11 is 0. The zero-order valence-electron chi connectivity index (χ0n) is 16.7. The van der Waals surface area contributed by atoms with Crippen LogP contribution in [0.2, 0.25) is 0 Å². The lowest BCUT2D eigenvalue weighted by Crippen LogP contribution is -2.11. The van der Waals surface area contributed by atoms with Crippen LogP contribution in [-0.2, 0) is 5.41 Å². The maximum atomic E-state index is 9.01. The number of anilines is 3. The van der Waals surface area contributed by atoms with E-state index >= 15 is 0 Å². The van der Waals surface area contributed by atoms with Gasteiger partial charge in [-0.05, 0) is 29.5 Å². The van der Waals surface area contributed by atoms with Gasteiger partial charge in [-0.25, -0.2) is 4.98 Å². The molecule has 0 bridgehead atoms. The van der Waals surface area contributed by atoms with Gasteiger partial charge >= 0.3 is 0 Å². The highest BCUT2D eigenvalue weighted by Gasteiger charge is 2.13. The molecule has 5 nitrogen and oxygen atoms in total. The molecule has 0 aliphatic rings. The molecule has 0 saturated carbocycles. The molecule has 146 valence electrons. The second-order valence-corrected chi connectivity index (χ2v) is 7.78. The molecular formula is C23H28N4O. The summed E-state index contributed by atoms with van der Waals surface area (Å²) in [6, 6.07) is 20.4. The summed E-state index contributed by atoms with van der Waals surface area (Å²) in [6.07, 6.45) is 0.649. The molecule has 0 saturated heterocycles. The Hall–Kier alpha value is -2.92. The highest BCUT2D eigenvalue weighted by atomic mass is 16.3. The number of aliphatic hydroxyl groups excluding tert-OH is 1. The molecule has 0 amide bonds. The highest BCUT2D eigenvalue weighted by molar-refractivity contribution is 5.67. The van der Waals surface area contributed by atoms with Gasteiger partial charge in [-0.2, -0.15) is 4.98 Å². The Morgan fingerprint density at radius 1 is 0.929 bits per heavy atom. The predicted molar refractivity (Wildman–Crippen MR) is 116 cm³/mol. The molecule has 0 aliphatic heterocycles. The molecule has 0 spiro atoms. The van der Waals surface area contributed by atoms with Crippen molar-refractivity contribution >= 4 is 17.5 Å². The van der Waals surface area contributed by atoms with Crippen molar-refractivity contribution in [3.05, 3.63) is 66.2 Å². The lowest BCUT2D eigenvalue weighted by Gasteiger charge is -2.19. The Labute approximate surface area is 166 Å². The van der Waals surface area contributed by atoms with Crippen molar-refractivity contribution < 1.29 is 5.11 Å². The van der Waals surface area contributed by atoms with E-state index in [-0.39, 0.29) is 12.0 Å². The van der Waals surface area contributed by atoms with Crippen LogP contribution in [0.1, 0.15) is 32.8 Å². The molecule has 0 atom stereocenters. The SMILES string of the molecule is CC(C)(C)c1ccc(Nc2cc(-c3ccccc3)nc(NCCCO)n2)cc1. The molecular weight excluding hydrogens is 348 g/mol. The summed E-state index contributed by atoms with van der Waals surface area (Å²) in [6.45, 7) is 7.37. The third kappa shape index (κ3) is 5.30. The number of rotatable bonds is 7. The van der Waals surface area contributed by atoms with E-state index in [4.69, 9.17) is 5.11 Å². The maximum absolute atomic E-state index is 9.01. The van der Waals surface area contributed by atoms with Crippen LogP contribution in [0, 0.1) is 0 Å². The van der Waals surface area contributed by atoms with Crippen LogP contribution in [-0.4, -0.2) is 28.2 Å². The molecule has 0 fully saturated rings. The summed E-state index contributed by atoms with van der Waals surface area (Å²) in [5.74, 6) is 1.27. The minimum absolute atomic E-state index is 0.123. The van der Waals surface area contributed by atoms with E-state index in [1.807, 2.05) is 36.4 Å². The van der Waals surface area contributed by atoms with E-state index in [0.29, 0.717) is 18.9 Å². The van der Waals surface area contributed by atoms with Crippen molar-refractivity contribution in [1.82, 2.24) is 9.97 Å². The molecule has 3 N–H and O–H groups in total. The van der Waals surface area contributed by atoms with Crippen LogP contribution in [0.4, 0.5) is 17.5 Å². The summed E-state index contributed by atoms with van der Waals surface area (Å²) < 4.78 is 0. The first kappa shape index (κ1) is 19.8. The molecule has 5 heteroatoms. The number of benzene rings is 2. The molecule has 3 aromatic rings. The van der Waals surface area contributed by atoms with Crippen molar-refractivity contribution in [3.8, 4) is 11.3 Å². The third-order valence-electron chi connectivity index (χ3n) is 4.44. The van der Waals surface area contributed by atoms with Crippen LogP contribution in [0.15, 0.2) is 60.7 Å². The molecule has 0 radical (unpaired) electrons. The number of nitrogens with zero attached hydrogens (tertiary/aromatic N) is 2. The number of nitrogens with one attached hydrogen (secondary N) is 2. The van der Waals surface area contributed by atoms with E-state index in [0.717, 1.165) is 22.8 Å². The number of aromatic nitrogens is 2. The fourth-order valence-electron chi connectivity index (χ4n) is 2.83. The van der Waals surface area contributed by atoms with Crippen molar-refractivity contribution in [1.29, 1.82) is 0 Å². The van der Waals surface area contributed by atoms with Crippen molar-refractivity contribution in [2.45, 2.75) is 32.6 Å².